The van der Waals surface area contributed by atoms with E-state index in [1.54, 1.807) is 0 Å². The molecule has 15 heavy (non-hydrogen) atoms. The minimum Gasteiger partial charge on any atom is -0.326 e. The monoisotopic (exact) mass is 243 g/mol. The molecule has 1 aromatic rings. The van der Waals surface area contributed by atoms with Gasteiger partial charge in [0.15, 0.2) is 0 Å². The molecule has 1 rings (SSSR count). The number of benzene rings is 1. The van der Waals surface area contributed by atoms with Crippen LogP contribution in [0.3, 0.4) is 0 Å². The van der Waals surface area contributed by atoms with E-state index >= 15 is 0 Å². The van der Waals surface area contributed by atoms with Gasteiger partial charge in [-0.1, -0.05) is 37.4 Å². The maximum Gasteiger partial charge on any atom is 0.0545 e. The summed E-state index contributed by atoms with van der Waals surface area (Å²) in [5.41, 5.74) is 6.64. The Morgan fingerprint density at radius 1 is 1.33 bits per heavy atom. The molecule has 0 atom stereocenters. The van der Waals surface area contributed by atoms with Crippen LogP contribution in [0.25, 0.3) is 0 Å². The summed E-state index contributed by atoms with van der Waals surface area (Å²) in [7, 11) is 0. The number of rotatable bonds is 6. The standard InChI is InChI=1S/C12H18ClNS/c1-2-3-4-7-15-12-6-5-10(9-14)8-11(12)13/h5-6,8H,2-4,7,9,14H2,1H3. The number of hydrogen-bond acceptors (Lipinski definition) is 2. The van der Waals surface area contributed by atoms with E-state index in [1.807, 2.05) is 23.9 Å². The molecule has 0 aromatic heterocycles. The Kier molecular flexibility index (Phi) is 6.15. The van der Waals surface area contributed by atoms with Gasteiger partial charge in [-0.3, -0.25) is 0 Å². The molecule has 0 bridgehead atoms. The van der Waals surface area contributed by atoms with E-state index in [2.05, 4.69) is 13.0 Å². The lowest BCUT2D eigenvalue weighted by molar-refractivity contribution is 0.778. The van der Waals surface area contributed by atoms with Crippen LogP contribution in [0.15, 0.2) is 23.1 Å². The number of thioether (sulfide) groups is 1. The summed E-state index contributed by atoms with van der Waals surface area (Å²) in [4.78, 5) is 1.17. The van der Waals surface area contributed by atoms with Crippen LogP contribution in [-0.2, 0) is 6.54 Å². The molecule has 84 valence electrons. The second-order valence-corrected chi connectivity index (χ2v) is 5.07. The predicted molar refractivity (Wildman–Crippen MR) is 69.6 cm³/mol. The Morgan fingerprint density at radius 2 is 2.13 bits per heavy atom. The fourth-order valence-electron chi connectivity index (χ4n) is 1.32. The Morgan fingerprint density at radius 3 is 2.73 bits per heavy atom. The molecule has 0 radical (unpaired) electrons. The lowest BCUT2D eigenvalue weighted by Crippen LogP contribution is -1.95. The van der Waals surface area contributed by atoms with Crippen LogP contribution in [0.2, 0.25) is 5.02 Å². The zero-order valence-corrected chi connectivity index (χ0v) is 10.7. The molecular weight excluding hydrogens is 226 g/mol. The molecule has 0 saturated heterocycles. The van der Waals surface area contributed by atoms with Gasteiger partial charge in [0.05, 0.1) is 5.02 Å². The molecule has 0 spiro atoms. The molecule has 0 aliphatic heterocycles. The Balaban J connectivity index is 2.47. The van der Waals surface area contributed by atoms with E-state index in [-0.39, 0.29) is 0 Å². The van der Waals surface area contributed by atoms with Crippen LogP contribution in [0, 0.1) is 0 Å². The molecule has 3 heteroatoms. The maximum absolute atomic E-state index is 6.14. The number of unbranched alkanes of at least 4 members (excludes halogenated alkanes) is 2. The Bertz CT molecular complexity index is 302. The Labute approximate surface area is 101 Å². The van der Waals surface area contributed by atoms with Gasteiger partial charge in [0, 0.05) is 11.4 Å². The van der Waals surface area contributed by atoms with Crippen molar-refractivity contribution in [3.63, 3.8) is 0 Å². The SMILES string of the molecule is CCCCCSc1ccc(CN)cc1Cl. The molecule has 1 nitrogen and oxygen atoms in total. The number of halogens is 1. The topological polar surface area (TPSA) is 26.0 Å². The zero-order valence-electron chi connectivity index (χ0n) is 9.13. The number of hydrogen-bond donors (Lipinski definition) is 1. The second kappa shape index (κ2) is 7.15. The van der Waals surface area contributed by atoms with E-state index in [0.29, 0.717) is 6.54 Å². The van der Waals surface area contributed by atoms with Gasteiger partial charge in [-0.2, -0.15) is 0 Å². The molecule has 1 aromatic carbocycles. The summed E-state index contributed by atoms with van der Waals surface area (Å²) in [6.07, 6.45) is 3.82. The minimum absolute atomic E-state index is 0.556. The third kappa shape index (κ3) is 4.45. The van der Waals surface area contributed by atoms with Crippen LogP contribution < -0.4 is 5.73 Å². The highest BCUT2D eigenvalue weighted by Gasteiger charge is 2.01. The highest BCUT2D eigenvalue weighted by molar-refractivity contribution is 7.99. The van der Waals surface area contributed by atoms with Crippen LogP contribution in [0.5, 0.6) is 0 Å². The van der Waals surface area contributed by atoms with Crippen molar-refractivity contribution in [1.82, 2.24) is 0 Å². The minimum atomic E-state index is 0.556. The fourth-order valence-corrected chi connectivity index (χ4v) is 2.62. The average Bonchev–Trinajstić information content (AvgIpc) is 2.26. The van der Waals surface area contributed by atoms with E-state index in [0.717, 1.165) is 16.3 Å². The van der Waals surface area contributed by atoms with Gasteiger partial charge in [0.1, 0.15) is 0 Å². The summed E-state index contributed by atoms with van der Waals surface area (Å²) in [5.74, 6) is 1.15. The van der Waals surface area contributed by atoms with Crippen molar-refractivity contribution >= 4 is 23.4 Å². The first-order valence-corrected chi connectivity index (χ1v) is 6.75. The third-order valence-electron chi connectivity index (χ3n) is 2.24. The third-order valence-corrected chi connectivity index (χ3v) is 3.82. The van der Waals surface area contributed by atoms with Crippen LogP contribution in [-0.4, -0.2) is 5.75 Å². The van der Waals surface area contributed by atoms with Crippen LogP contribution >= 0.6 is 23.4 Å². The lowest BCUT2D eigenvalue weighted by atomic mass is 10.2. The summed E-state index contributed by atoms with van der Waals surface area (Å²) < 4.78 is 0. The van der Waals surface area contributed by atoms with Gasteiger partial charge in [0.25, 0.3) is 0 Å². The van der Waals surface area contributed by atoms with E-state index in [1.165, 1.54) is 24.2 Å². The maximum atomic E-state index is 6.14. The molecule has 0 aliphatic carbocycles. The van der Waals surface area contributed by atoms with Gasteiger partial charge in [-0.05, 0) is 29.9 Å². The first kappa shape index (κ1) is 12.9. The van der Waals surface area contributed by atoms with Gasteiger partial charge in [-0.25, -0.2) is 0 Å². The smallest absolute Gasteiger partial charge is 0.0545 e. The van der Waals surface area contributed by atoms with Gasteiger partial charge < -0.3 is 5.73 Å². The molecular formula is C12H18ClNS. The fraction of sp³-hybridized carbons (Fsp3) is 0.500. The largest absolute Gasteiger partial charge is 0.326 e. The highest BCUT2D eigenvalue weighted by atomic mass is 35.5. The van der Waals surface area contributed by atoms with Gasteiger partial charge in [-0.15, -0.1) is 11.8 Å². The van der Waals surface area contributed by atoms with Crippen molar-refractivity contribution < 1.29 is 0 Å². The molecule has 0 saturated carbocycles. The normalized spacial score (nSPS) is 10.6. The van der Waals surface area contributed by atoms with E-state index in [9.17, 15) is 0 Å². The number of nitrogens with two attached hydrogens (primary N) is 1. The van der Waals surface area contributed by atoms with Crippen molar-refractivity contribution in [2.75, 3.05) is 5.75 Å². The highest BCUT2D eigenvalue weighted by Crippen LogP contribution is 2.28. The molecule has 0 heterocycles. The van der Waals surface area contributed by atoms with Gasteiger partial charge in [0.2, 0.25) is 0 Å². The van der Waals surface area contributed by atoms with Crippen molar-refractivity contribution in [3.8, 4) is 0 Å². The first-order valence-electron chi connectivity index (χ1n) is 5.39. The quantitative estimate of drug-likeness (QED) is 0.602. The van der Waals surface area contributed by atoms with Crippen molar-refractivity contribution in [1.29, 1.82) is 0 Å². The van der Waals surface area contributed by atoms with Crippen molar-refractivity contribution in [2.24, 2.45) is 5.73 Å². The molecule has 2 N–H and O–H groups in total. The van der Waals surface area contributed by atoms with Gasteiger partial charge >= 0.3 is 0 Å². The molecule has 0 aliphatic rings. The molecule has 0 unspecified atom stereocenters. The molecule has 0 fully saturated rings. The summed E-state index contributed by atoms with van der Waals surface area (Å²) in [6, 6.07) is 6.08. The second-order valence-electron chi connectivity index (χ2n) is 3.52. The predicted octanol–water partition coefficient (Wildman–Crippen LogP) is 4.08. The zero-order chi connectivity index (χ0) is 11.1. The molecule has 0 amide bonds. The van der Waals surface area contributed by atoms with E-state index in [4.69, 9.17) is 17.3 Å². The summed E-state index contributed by atoms with van der Waals surface area (Å²) in [6.45, 7) is 2.77. The first-order chi connectivity index (χ1) is 7.27. The average molecular weight is 244 g/mol. The van der Waals surface area contributed by atoms with Crippen LogP contribution in [0.4, 0.5) is 0 Å². The van der Waals surface area contributed by atoms with Crippen LogP contribution in [0.1, 0.15) is 31.7 Å². The van der Waals surface area contributed by atoms with E-state index < -0.39 is 0 Å². The summed E-state index contributed by atoms with van der Waals surface area (Å²) >= 11 is 7.98. The Hall–Kier alpha value is -0.180. The van der Waals surface area contributed by atoms with Crippen molar-refractivity contribution in [3.05, 3.63) is 28.8 Å². The van der Waals surface area contributed by atoms with Crippen molar-refractivity contribution in [2.45, 2.75) is 37.6 Å². The lowest BCUT2D eigenvalue weighted by Gasteiger charge is -2.05. The summed E-state index contributed by atoms with van der Waals surface area (Å²) in [5, 5.41) is 0.833.